The lowest BCUT2D eigenvalue weighted by atomic mass is 10.1. The Bertz CT molecular complexity index is 1050. The van der Waals surface area contributed by atoms with Crippen molar-refractivity contribution in [1.29, 1.82) is 0 Å². The van der Waals surface area contributed by atoms with Crippen LogP contribution in [0, 0.1) is 0 Å². The van der Waals surface area contributed by atoms with Gasteiger partial charge in [0.15, 0.2) is 0 Å². The fourth-order valence-electron chi connectivity index (χ4n) is 2.93. The van der Waals surface area contributed by atoms with Crippen molar-refractivity contribution in [3.05, 3.63) is 84.7 Å². The van der Waals surface area contributed by atoms with Crippen molar-refractivity contribution in [1.82, 2.24) is 9.97 Å². The third kappa shape index (κ3) is 3.82. The Hall–Kier alpha value is -3.60. The second-order valence-electron chi connectivity index (χ2n) is 6.35. The van der Waals surface area contributed by atoms with Gasteiger partial charge in [0.2, 0.25) is 0 Å². The van der Waals surface area contributed by atoms with E-state index in [2.05, 4.69) is 22.2 Å². The molecule has 0 bridgehead atoms. The van der Waals surface area contributed by atoms with Crippen molar-refractivity contribution < 1.29 is 4.74 Å². The van der Waals surface area contributed by atoms with Gasteiger partial charge in [0, 0.05) is 17.1 Å². The molecule has 1 unspecified atom stereocenters. The molecule has 5 heteroatoms. The molecule has 0 aliphatic heterocycles. The molecular formula is C22H20N4O. The first-order chi connectivity index (χ1) is 13.2. The normalized spacial score (nSPS) is 11.9. The number of anilines is 2. The van der Waals surface area contributed by atoms with Crippen molar-refractivity contribution in [2.75, 3.05) is 11.1 Å². The highest BCUT2D eigenvalue weighted by molar-refractivity contribution is 5.91. The fourth-order valence-corrected chi connectivity index (χ4v) is 2.93. The minimum Gasteiger partial charge on any atom is -0.457 e. The number of aromatic nitrogens is 2. The second kappa shape index (κ2) is 7.33. The summed E-state index contributed by atoms with van der Waals surface area (Å²) in [5.41, 5.74) is 8.60. The Kier molecular flexibility index (Phi) is 4.58. The topological polar surface area (TPSA) is 73.1 Å². The first-order valence-corrected chi connectivity index (χ1v) is 8.79. The summed E-state index contributed by atoms with van der Waals surface area (Å²) in [5.74, 6) is 2.39. The van der Waals surface area contributed by atoms with Crippen LogP contribution in [0.25, 0.3) is 10.9 Å². The summed E-state index contributed by atoms with van der Waals surface area (Å²) in [6, 6.07) is 23.5. The third-order valence-electron chi connectivity index (χ3n) is 4.37. The lowest BCUT2D eigenvalue weighted by molar-refractivity contribution is 0.482. The van der Waals surface area contributed by atoms with E-state index < -0.39 is 0 Å². The number of benzene rings is 3. The molecule has 0 saturated heterocycles. The maximum absolute atomic E-state index is 5.92. The molecule has 0 radical (unpaired) electrons. The van der Waals surface area contributed by atoms with Gasteiger partial charge in [-0.2, -0.15) is 0 Å². The number of ether oxygens (including phenoxy) is 1. The summed E-state index contributed by atoms with van der Waals surface area (Å²) < 4.78 is 5.85. The highest BCUT2D eigenvalue weighted by Gasteiger charge is 2.10. The van der Waals surface area contributed by atoms with Gasteiger partial charge in [0.1, 0.15) is 23.6 Å². The number of nitrogens with zero attached hydrogens (tertiary/aromatic N) is 2. The average Bonchev–Trinajstić information content (AvgIpc) is 2.70. The SMILES string of the molecule is CC(Nc1ncnc2ccc(N)cc12)c1ccc(Oc2ccccc2)cc1. The number of nitrogen functional groups attached to an aromatic ring is 1. The number of para-hydroxylation sites is 1. The monoisotopic (exact) mass is 356 g/mol. The summed E-state index contributed by atoms with van der Waals surface area (Å²) in [5, 5.41) is 4.36. The third-order valence-corrected chi connectivity index (χ3v) is 4.37. The maximum Gasteiger partial charge on any atom is 0.137 e. The summed E-state index contributed by atoms with van der Waals surface area (Å²) in [6.45, 7) is 2.09. The van der Waals surface area contributed by atoms with Crippen molar-refractivity contribution in [2.45, 2.75) is 13.0 Å². The highest BCUT2D eigenvalue weighted by atomic mass is 16.5. The van der Waals surface area contributed by atoms with E-state index >= 15 is 0 Å². The number of nitrogens with two attached hydrogens (primary N) is 1. The van der Waals surface area contributed by atoms with E-state index in [1.807, 2.05) is 72.8 Å². The van der Waals surface area contributed by atoms with Crippen LogP contribution in [-0.2, 0) is 0 Å². The van der Waals surface area contributed by atoms with Gasteiger partial charge in [-0.15, -0.1) is 0 Å². The van der Waals surface area contributed by atoms with Crippen LogP contribution in [0.5, 0.6) is 11.5 Å². The van der Waals surface area contributed by atoms with Crippen LogP contribution in [0.4, 0.5) is 11.5 Å². The van der Waals surface area contributed by atoms with Crippen LogP contribution in [0.3, 0.4) is 0 Å². The van der Waals surface area contributed by atoms with E-state index in [9.17, 15) is 0 Å². The van der Waals surface area contributed by atoms with E-state index in [0.717, 1.165) is 33.8 Å². The minimum absolute atomic E-state index is 0.0651. The Labute approximate surface area is 157 Å². The van der Waals surface area contributed by atoms with Crippen molar-refractivity contribution in [3.63, 3.8) is 0 Å². The van der Waals surface area contributed by atoms with E-state index in [-0.39, 0.29) is 6.04 Å². The molecule has 0 saturated carbocycles. The summed E-state index contributed by atoms with van der Waals surface area (Å²) in [6.07, 6.45) is 1.56. The molecule has 0 amide bonds. The highest BCUT2D eigenvalue weighted by Crippen LogP contribution is 2.27. The molecule has 1 heterocycles. The van der Waals surface area contributed by atoms with Gasteiger partial charge in [0.25, 0.3) is 0 Å². The standard InChI is InChI=1S/C22H20N4O/c1-15(26-22-20-13-17(23)9-12-21(20)24-14-25-22)16-7-10-19(11-8-16)27-18-5-3-2-4-6-18/h2-15H,23H2,1H3,(H,24,25,26). The molecule has 4 aromatic rings. The van der Waals surface area contributed by atoms with Crippen LogP contribution in [0.15, 0.2) is 79.1 Å². The number of nitrogens with one attached hydrogen (secondary N) is 1. The van der Waals surface area contributed by atoms with Crippen LogP contribution in [-0.4, -0.2) is 9.97 Å². The first kappa shape index (κ1) is 16.8. The molecule has 4 rings (SSSR count). The quantitative estimate of drug-likeness (QED) is 0.482. The Balaban J connectivity index is 1.52. The molecule has 3 N–H and O–H groups in total. The molecule has 27 heavy (non-hydrogen) atoms. The van der Waals surface area contributed by atoms with Crippen LogP contribution in [0.1, 0.15) is 18.5 Å². The zero-order chi connectivity index (χ0) is 18.6. The van der Waals surface area contributed by atoms with Gasteiger partial charge in [-0.25, -0.2) is 9.97 Å². The molecular weight excluding hydrogens is 336 g/mol. The molecule has 0 fully saturated rings. The van der Waals surface area contributed by atoms with Gasteiger partial charge in [-0.3, -0.25) is 0 Å². The van der Waals surface area contributed by atoms with E-state index in [0.29, 0.717) is 5.69 Å². The lowest BCUT2D eigenvalue weighted by Crippen LogP contribution is -2.08. The van der Waals surface area contributed by atoms with E-state index in [1.165, 1.54) is 0 Å². The minimum atomic E-state index is 0.0651. The molecule has 5 nitrogen and oxygen atoms in total. The second-order valence-corrected chi connectivity index (χ2v) is 6.35. The largest absolute Gasteiger partial charge is 0.457 e. The molecule has 3 aromatic carbocycles. The number of hydrogen-bond acceptors (Lipinski definition) is 5. The van der Waals surface area contributed by atoms with Gasteiger partial charge in [0.05, 0.1) is 5.52 Å². The predicted octanol–water partition coefficient (Wildman–Crippen LogP) is 5.18. The molecule has 0 spiro atoms. The zero-order valence-corrected chi connectivity index (χ0v) is 15.0. The van der Waals surface area contributed by atoms with Gasteiger partial charge < -0.3 is 15.8 Å². The Morgan fingerprint density at radius 1 is 0.889 bits per heavy atom. The lowest BCUT2D eigenvalue weighted by Gasteiger charge is -2.17. The van der Waals surface area contributed by atoms with Gasteiger partial charge in [-0.1, -0.05) is 30.3 Å². The van der Waals surface area contributed by atoms with Crippen molar-refractivity contribution in [3.8, 4) is 11.5 Å². The van der Waals surface area contributed by atoms with Gasteiger partial charge in [-0.05, 0) is 55.0 Å². The molecule has 0 aliphatic rings. The summed E-state index contributed by atoms with van der Waals surface area (Å²) in [4.78, 5) is 8.68. The first-order valence-electron chi connectivity index (χ1n) is 8.79. The van der Waals surface area contributed by atoms with E-state index in [4.69, 9.17) is 10.5 Å². The molecule has 134 valence electrons. The van der Waals surface area contributed by atoms with Crippen molar-refractivity contribution in [2.24, 2.45) is 0 Å². The summed E-state index contributed by atoms with van der Waals surface area (Å²) in [7, 11) is 0. The zero-order valence-electron chi connectivity index (χ0n) is 15.0. The Morgan fingerprint density at radius 2 is 1.63 bits per heavy atom. The van der Waals surface area contributed by atoms with Gasteiger partial charge >= 0.3 is 0 Å². The molecule has 0 aliphatic carbocycles. The van der Waals surface area contributed by atoms with Crippen LogP contribution >= 0.6 is 0 Å². The predicted molar refractivity (Wildman–Crippen MR) is 109 cm³/mol. The maximum atomic E-state index is 5.92. The number of hydrogen-bond donors (Lipinski definition) is 2. The van der Waals surface area contributed by atoms with Crippen LogP contribution in [0.2, 0.25) is 0 Å². The number of rotatable bonds is 5. The van der Waals surface area contributed by atoms with E-state index in [1.54, 1.807) is 6.33 Å². The average molecular weight is 356 g/mol. The smallest absolute Gasteiger partial charge is 0.137 e. The van der Waals surface area contributed by atoms with Crippen molar-refractivity contribution >= 4 is 22.4 Å². The molecule has 1 aromatic heterocycles. The van der Waals surface area contributed by atoms with Crippen LogP contribution < -0.4 is 15.8 Å². The Morgan fingerprint density at radius 3 is 2.41 bits per heavy atom. The fraction of sp³-hybridized carbons (Fsp3) is 0.0909. The summed E-state index contributed by atoms with van der Waals surface area (Å²) >= 11 is 0. The molecule has 1 atom stereocenters. The number of fused-ring (bicyclic) bond motifs is 1.